The van der Waals surface area contributed by atoms with Crippen molar-refractivity contribution in [3.63, 3.8) is 0 Å². The molecule has 20 heavy (non-hydrogen) atoms. The fourth-order valence-electron chi connectivity index (χ4n) is 2.81. The van der Waals surface area contributed by atoms with E-state index in [4.69, 9.17) is 4.74 Å². The summed E-state index contributed by atoms with van der Waals surface area (Å²) in [6, 6.07) is 7.66. The summed E-state index contributed by atoms with van der Waals surface area (Å²) >= 11 is 0. The molecule has 1 saturated heterocycles. The number of hydrogen-bond donors (Lipinski definition) is 2. The van der Waals surface area contributed by atoms with Gasteiger partial charge in [-0.3, -0.25) is 4.79 Å². The molecule has 1 fully saturated rings. The highest BCUT2D eigenvalue weighted by Gasteiger charge is 2.51. The molecule has 0 unspecified atom stereocenters. The lowest BCUT2D eigenvalue weighted by Gasteiger charge is -2.22. The highest BCUT2D eigenvalue weighted by atomic mass is 16.6. The molecule has 0 radical (unpaired) electrons. The molecular formula is C15H15NO4. The van der Waals surface area contributed by atoms with Gasteiger partial charge in [-0.2, -0.15) is 0 Å². The van der Waals surface area contributed by atoms with Crippen molar-refractivity contribution in [2.45, 2.75) is 25.4 Å². The molecule has 2 atom stereocenters. The van der Waals surface area contributed by atoms with E-state index in [9.17, 15) is 14.7 Å². The molecule has 1 aromatic heterocycles. The largest absolute Gasteiger partial charge is 0.478 e. The topological polar surface area (TPSA) is 79.4 Å². The number of esters is 1. The van der Waals surface area contributed by atoms with Gasteiger partial charge in [-0.25, -0.2) is 4.79 Å². The number of carbonyl (C=O) groups excluding carboxylic acids is 1. The maximum absolute atomic E-state index is 11.6. The number of para-hydroxylation sites is 1. The van der Waals surface area contributed by atoms with Gasteiger partial charge in [0.2, 0.25) is 5.60 Å². The zero-order chi connectivity index (χ0) is 14.3. The number of carbonyl (C=O) groups is 2. The van der Waals surface area contributed by atoms with Gasteiger partial charge in [-0.1, -0.05) is 25.1 Å². The number of H-pyrrole nitrogens is 1. The fraction of sp³-hybridized carbons (Fsp3) is 0.333. The van der Waals surface area contributed by atoms with Crippen LogP contribution in [-0.2, 0) is 20.7 Å². The number of nitrogens with one attached hydrogen (secondary N) is 1. The first kappa shape index (κ1) is 12.7. The highest BCUT2D eigenvalue weighted by molar-refractivity contribution is 5.89. The van der Waals surface area contributed by atoms with E-state index < -0.39 is 17.5 Å². The summed E-state index contributed by atoms with van der Waals surface area (Å²) in [5.74, 6) is -1.90. The quantitative estimate of drug-likeness (QED) is 0.839. The van der Waals surface area contributed by atoms with Crippen LogP contribution in [0.3, 0.4) is 0 Å². The van der Waals surface area contributed by atoms with Crippen LogP contribution in [0.5, 0.6) is 0 Å². The summed E-state index contributed by atoms with van der Waals surface area (Å²) in [5, 5.41) is 10.4. The van der Waals surface area contributed by atoms with Gasteiger partial charge in [-0.05, 0) is 11.6 Å². The van der Waals surface area contributed by atoms with Crippen LogP contribution in [0.2, 0.25) is 0 Å². The molecular weight excluding hydrogens is 258 g/mol. The molecule has 0 saturated carbocycles. The Morgan fingerprint density at radius 1 is 1.50 bits per heavy atom. The van der Waals surface area contributed by atoms with Crippen molar-refractivity contribution in [2.24, 2.45) is 5.92 Å². The fourth-order valence-corrected chi connectivity index (χ4v) is 2.81. The van der Waals surface area contributed by atoms with Gasteiger partial charge in [0.25, 0.3) is 0 Å². The number of rotatable bonds is 3. The predicted octanol–water partition coefficient (Wildman–Crippen LogP) is 2.12. The Bertz CT molecular complexity index is 690. The van der Waals surface area contributed by atoms with Crippen molar-refractivity contribution in [1.82, 2.24) is 4.98 Å². The van der Waals surface area contributed by atoms with E-state index >= 15 is 0 Å². The second-order valence-corrected chi connectivity index (χ2v) is 5.36. The Balaban J connectivity index is 1.99. The first-order valence-electron chi connectivity index (χ1n) is 6.53. The lowest BCUT2D eigenvalue weighted by molar-refractivity contribution is -0.169. The van der Waals surface area contributed by atoms with Crippen molar-refractivity contribution < 1.29 is 19.4 Å². The molecule has 1 aromatic carbocycles. The summed E-state index contributed by atoms with van der Waals surface area (Å²) in [7, 11) is 0. The molecule has 5 heteroatoms. The maximum Gasteiger partial charge on any atom is 0.348 e. The van der Waals surface area contributed by atoms with Crippen LogP contribution in [0.4, 0.5) is 0 Å². The Morgan fingerprint density at radius 2 is 2.25 bits per heavy atom. The van der Waals surface area contributed by atoms with Gasteiger partial charge in [0.15, 0.2) is 0 Å². The van der Waals surface area contributed by atoms with Crippen LogP contribution in [0.25, 0.3) is 10.9 Å². The molecule has 1 aliphatic rings. The maximum atomic E-state index is 11.6. The molecule has 104 valence electrons. The third-order valence-electron chi connectivity index (χ3n) is 3.87. The minimum Gasteiger partial charge on any atom is -0.478 e. The zero-order valence-electron chi connectivity index (χ0n) is 11.1. The smallest absolute Gasteiger partial charge is 0.348 e. The van der Waals surface area contributed by atoms with E-state index in [1.807, 2.05) is 24.3 Å². The normalized spacial score (nSPS) is 25.9. The van der Waals surface area contributed by atoms with Crippen molar-refractivity contribution in [2.75, 3.05) is 0 Å². The number of aliphatic carboxylic acids is 1. The van der Waals surface area contributed by atoms with Crippen LogP contribution >= 0.6 is 0 Å². The number of hydrogen-bond acceptors (Lipinski definition) is 3. The van der Waals surface area contributed by atoms with Gasteiger partial charge >= 0.3 is 11.9 Å². The van der Waals surface area contributed by atoms with Gasteiger partial charge in [0, 0.05) is 29.9 Å². The summed E-state index contributed by atoms with van der Waals surface area (Å²) < 4.78 is 5.19. The molecule has 3 rings (SSSR count). The first-order chi connectivity index (χ1) is 9.52. The molecule has 0 aliphatic carbocycles. The Labute approximate surface area is 115 Å². The van der Waals surface area contributed by atoms with Gasteiger partial charge in [0.05, 0.1) is 5.92 Å². The summed E-state index contributed by atoms with van der Waals surface area (Å²) in [5.41, 5.74) is 0.354. The minimum atomic E-state index is -1.44. The van der Waals surface area contributed by atoms with E-state index in [1.54, 1.807) is 13.1 Å². The zero-order valence-corrected chi connectivity index (χ0v) is 11.1. The summed E-state index contributed by atoms with van der Waals surface area (Å²) in [4.78, 5) is 26.3. The SMILES string of the molecule is C[C@H]1C[C@@](Cc2c[nH]c3ccccc23)(C(=O)O)OC1=O. The lowest BCUT2D eigenvalue weighted by atomic mass is 9.88. The average molecular weight is 273 g/mol. The number of benzene rings is 1. The van der Waals surface area contributed by atoms with Gasteiger partial charge in [-0.15, -0.1) is 0 Å². The van der Waals surface area contributed by atoms with Crippen LogP contribution in [0.1, 0.15) is 18.9 Å². The molecule has 0 spiro atoms. The van der Waals surface area contributed by atoms with Crippen LogP contribution in [0, 0.1) is 5.92 Å². The molecule has 0 bridgehead atoms. The van der Waals surface area contributed by atoms with Gasteiger partial charge < -0.3 is 14.8 Å². The summed E-state index contributed by atoms with van der Waals surface area (Å²) in [6.45, 7) is 1.70. The molecule has 2 heterocycles. The third kappa shape index (κ3) is 1.86. The minimum absolute atomic E-state index is 0.183. The Hall–Kier alpha value is -2.30. The molecule has 1 aliphatic heterocycles. The van der Waals surface area contributed by atoms with Crippen molar-refractivity contribution in [3.8, 4) is 0 Å². The first-order valence-corrected chi connectivity index (χ1v) is 6.53. The van der Waals surface area contributed by atoms with Crippen LogP contribution in [0.15, 0.2) is 30.5 Å². The second kappa shape index (κ2) is 4.37. The Kier molecular flexibility index (Phi) is 2.78. The number of aromatic amines is 1. The van der Waals surface area contributed by atoms with E-state index in [0.29, 0.717) is 0 Å². The molecule has 0 amide bonds. The number of aromatic nitrogens is 1. The number of fused-ring (bicyclic) bond motifs is 1. The summed E-state index contributed by atoms with van der Waals surface area (Å²) in [6.07, 6.45) is 2.18. The third-order valence-corrected chi connectivity index (χ3v) is 3.87. The number of ether oxygens (including phenoxy) is 1. The molecule has 2 N–H and O–H groups in total. The van der Waals surface area contributed by atoms with Crippen LogP contribution < -0.4 is 0 Å². The lowest BCUT2D eigenvalue weighted by Crippen LogP contribution is -2.40. The Morgan fingerprint density at radius 3 is 2.90 bits per heavy atom. The standard InChI is InChI=1S/C15H15NO4/c1-9-6-15(14(18)19,20-13(9)17)7-10-8-16-12-5-3-2-4-11(10)12/h2-5,8-9,16H,6-7H2,1H3,(H,18,19)/t9-,15+/m0/s1. The van der Waals surface area contributed by atoms with E-state index in [2.05, 4.69) is 4.98 Å². The molecule has 2 aromatic rings. The average Bonchev–Trinajstić information content (AvgIpc) is 2.94. The number of carboxylic acids is 1. The monoisotopic (exact) mass is 273 g/mol. The number of carboxylic acid groups (broad SMARTS) is 1. The van der Waals surface area contributed by atoms with E-state index in [-0.39, 0.29) is 18.8 Å². The van der Waals surface area contributed by atoms with E-state index in [1.165, 1.54) is 0 Å². The second-order valence-electron chi connectivity index (χ2n) is 5.36. The highest BCUT2D eigenvalue weighted by Crippen LogP contribution is 2.36. The van der Waals surface area contributed by atoms with Crippen LogP contribution in [-0.4, -0.2) is 27.6 Å². The van der Waals surface area contributed by atoms with Crippen molar-refractivity contribution >= 4 is 22.8 Å². The van der Waals surface area contributed by atoms with E-state index in [0.717, 1.165) is 16.5 Å². The molecule has 5 nitrogen and oxygen atoms in total. The number of cyclic esters (lactones) is 1. The predicted molar refractivity (Wildman–Crippen MR) is 72.2 cm³/mol. The van der Waals surface area contributed by atoms with Crippen molar-refractivity contribution in [3.05, 3.63) is 36.0 Å². The van der Waals surface area contributed by atoms with Crippen molar-refractivity contribution in [1.29, 1.82) is 0 Å². The van der Waals surface area contributed by atoms with Gasteiger partial charge in [0.1, 0.15) is 0 Å².